The summed E-state index contributed by atoms with van der Waals surface area (Å²) in [5.41, 5.74) is 2.96. The number of ether oxygens (including phenoxy) is 1. The molecule has 0 unspecified atom stereocenters. The predicted molar refractivity (Wildman–Crippen MR) is 119 cm³/mol. The van der Waals surface area contributed by atoms with Gasteiger partial charge in [0.05, 0.1) is 10.6 Å². The third-order valence-electron chi connectivity index (χ3n) is 5.61. The predicted octanol–water partition coefficient (Wildman–Crippen LogP) is 3.68. The van der Waals surface area contributed by atoms with E-state index >= 15 is 0 Å². The summed E-state index contributed by atoms with van der Waals surface area (Å²) in [4.78, 5) is 42.5. The maximum atomic E-state index is 13.2. The number of anilines is 2. The average molecular weight is 433 g/mol. The summed E-state index contributed by atoms with van der Waals surface area (Å²) < 4.78 is 5.55. The summed E-state index contributed by atoms with van der Waals surface area (Å²) in [6.07, 6.45) is 1.82. The summed E-state index contributed by atoms with van der Waals surface area (Å²) in [7, 11) is 0. The van der Waals surface area contributed by atoms with Crippen LogP contribution in [0, 0.1) is 0 Å². The van der Waals surface area contributed by atoms with E-state index in [9.17, 15) is 14.4 Å². The van der Waals surface area contributed by atoms with Gasteiger partial charge in [0.1, 0.15) is 12.3 Å². The van der Waals surface area contributed by atoms with E-state index in [-0.39, 0.29) is 30.7 Å². The molecule has 3 heterocycles. The minimum Gasteiger partial charge on any atom is -0.482 e. The highest BCUT2D eigenvalue weighted by Crippen LogP contribution is 2.34. The van der Waals surface area contributed by atoms with Crippen molar-refractivity contribution < 1.29 is 19.1 Å². The third-order valence-corrected chi connectivity index (χ3v) is 6.48. The molecule has 0 bridgehead atoms. The zero-order chi connectivity index (χ0) is 21.4. The van der Waals surface area contributed by atoms with Gasteiger partial charge in [-0.1, -0.05) is 24.3 Å². The van der Waals surface area contributed by atoms with E-state index in [0.717, 1.165) is 24.1 Å². The zero-order valence-electron chi connectivity index (χ0n) is 16.7. The van der Waals surface area contributed by atoms with Crippen molar-refractivity contribution in [1.29, 1.82) is 0 Å². The Labute approximate surface area is 183 Å². The van der Waals surface area contributed by atoms with Crippen LogP contribution in [0.15, 0.2) is 60.0 Å². The fourth-order valence-electron chi connectivity index (χ4n) is 4.08. The molecule has 6 nitrogen and oxygen atoms in total. The van der Waals surface area contributed by atoms with Crippen LogP contribution in [0.1, 0.15) is 27.2 Å². The minimum absolute atomic E-state index is 0.0971. The molecule has 0 radical (unpaired) electrons. The molecule has 0 saturated carbocycles. The summed E-state index contributed by atoms with van der Waals surface area (Å²) in [6.45, 7) is 0.396. The summed E-state index contributed by atoms with van der Waals surface area (Å²) in [5, 5.41) is 1.85. The molecule has 0 saturated heterocycles. The van der Waals surface area contributed by atoms with Gasteiger partial charge in [0.25, 0.3) is 5.91 Å². The number of benzene rings is 2. The second-order valence-electron chi connectivity index (χ2n) is 7.54. The monoisotopic (exact) mass is 432 g/mol. The Balaban J connectivity index is 1.44. The molecular formula is C24H20N2O4S. The van der Waals surface area contributed by atoms with Crippen molar-refractivity contribution >= 4 is 40.3 Å². The van der Waals surface area contributed by atoms with Gasteiger partial charge in [-0.15, -0.1) is 11.3 Å². The van der Waals surface area contributed by atoms with E-state index in [1.807, 2.05) is 35.7 Å². The highest BCUT2D eigenvalue weighted by molar-refractivity contribution is 7.12. The van der Waals surface area contributed by atoms with E-state index in [0.29, 0.717) is 28.4 Å². The van der Waals surface area contributed by atoms with Crippen LogP contribution in [0.25, 0.3) is 0 Å². The van der Waals surface area contributed by atoms with Gasteiger partial charge in [-0.2, -0.15) is 0 Å². The Morgan fingerprint density at radius 2 is 1.90 bits per heavy atom. The highest BCUT2D eigenvalue weighted by atomic mass is 32.1. The molecule has 2 aliphatic heterocycles. The van der Waals surface area contributed by atoms with E-state index < -0.39 is 0 Å². The lowest BCUT2D eigenvalue weighted by atomic mass is 10.0. The SMILES string of the molecule is O=C(c1ccc2c(c1)N(CC(=O)N1CCCc3ccccc31)C(=O)CO2)c1cccs1. The molecule has 1 aromatic heterocycles. The van der Waals surface area contributed by atoms with Gasteiger partial charge in [0.15, 0.2) is 6.61 Å². The minimum atomic E-state index is -0.299. The molecule has 0 atom stereocenters. The third kappa shape index (κ3) is 3.61. The lowest BCUT2D eigenvalue weighted by Gasteiger charge is -2.33. The number of ketones is 1. The topological polar surface area (TPSA) is 66.9 Å². The number of amides is 2. The number of hydrogen-bond acceptors (Lipinski definition) is 5. The molecule has 2 amide bonds. The van der Waals surface area contributed by atoms with Crippen LogP contribution in [0.2, 0.25) is 0 Å². The molecule has 31 heavy (non-hydrogen) atoms. The fraction of sp³-hybridized carbons (Fsp3) is 0.208. The first-order valence-electron chi connectivity index (χ1n) is 10.2. The van der Waals surface area contributed by atoms with Crippen LogP contribution >= 0.6 is 11.3 Å². The first kappa shape index (κ1) is 19.5. The molecule has 7 heteroatoms. The van der Waals surface area contributed by atoms with Gasteiger partial charge in [-0.25, -0.2) is 0 Å². The Hall–Kier alpha value is -3.45. The standard InChI is InChI=1S/C24H20N2O4S/c27-22(25-11-3-6-16-5-1-2-7-18(16)25)14-26-19-13-17(24(29)21-8-4-12-31-21)9-10-20(19)30-15-23(26)28/h1-2,4-5,7-10,12-13H,3,6,11,14-15H2. The van der Waals surface area contributed by atoms with Gasteiger partial charge >= 0.3 is 0 Å². The fourth-order valence-corrected chi connectivity index (χ4v) is 4.77. The lowest BCUT2D eigenvalue weighted by molar-refractivity contribution is -0.124. The zero-order valence-corrected chi connectivity index (χ0v) is 17.6. The second-order valence-corrected chi connectivity index (χ2v) is 8.48. The number of thiophene rings is 1. The first-order chi connectivity index (χ1) is 15.1. The van der Waals surface area contributed by atoms with Crippen LogP contribution < -0.4 is 14.5 Å². The highest BCUT2D eigenvalue weighted by Gasteiger charge is 2.31. The van der Waals surface area contributed by atoms with Gasteiger partial charge in [0.2, 0.25) is 11.7 Å². The molecule has 5 rings (SSSR count). The molecule has 0 aliphatic carbocycles. The van der Waals surface area contributed by atoms with Crippen molar-refractivity contribution in [3.8, 4) is 5.75 Å². The molecule has 3 aromatic rings. The van der Waals surface area contributed by atoms with E-state index in [1.54, 1.807) is 29.2 Å². The summed E-state index contributed by atoms with van der Waals surface area (Å²) >= 11 is 1.37. The summed E-state index contributed by atoms with van der Waals surface area (Å²) in [5.74, 6) is -0.0727. The van der Waals surface area contributed by atoms with E-state index in [2.05, 4.69) is 0 Å². The van der Waals surface area contributed by atoms with Crippen LogP contribution in [0.5, 0.6) is 5.75 Å². The first-order valence-corrected chi connectivity index (χ1v) is 11.0. The number of carbonyl (C=O) groups is 3. The van der Waals surface area contributed by atoms with Gasteiger partial charge in [0, 0.05) is 17.8 Å². The lowest BCUT2D eigenvalue weighted by Crippen LogP contribution is -2.47. The number of hydrogen-bond donors (Lipinski definition) is 0. The molecule has 2 aromatic carbocycles. The van der Waals surface area contributed by atoms with Gasteiger partial charge in [-0.05, 0) is 54.1 Å². The maximum Gasteiger partial charge on any atom is 0.265 e. The second kappa shape index (κ2) is 8.00. The number of fused-ring (bicyclic) bond motifs is 2. The Bertz CT molecular complexity index is 1170. The smallest absolute Gasteiger partial charge is 0.265 e. The molecule has 0 N–H and O–H groups in total. The quantitative estimate of drug-likeness (QED) is 0.590. The molecule has 0 spiro atoms. The van der Waals surface area contributed by atoms with Crippen LogP contribution in [0.3, 0.4) is 0 Å². The van der Waals surface area contributed by atoms with Crippen LogP contribution in [-0.2, 0) is 16.0 Å². The number of nitrogens with zero attached hydrogens (tertiary/aromatic N) is 2. The Morgan fingerprint density at radius 3 is 2.74 bits per heavy atom. The van der Waals surface area contributed by atoms with Gasteiger partial charge < -0.3 is 9.64 Å². The average Bonchev–Trinajstić information content (AvgIpc) is 3.34. The molecule has 2 aliphatic rings. The van der Waals surface area contributed by atoms with Crippen molar-refractivity contribution in [1.82, 2.24) is 0 Å². The summed E-state index contributed by atoms with van der Waals surface area (Å²) in [6, 6.07) is 16.5. The number of carbonyl (C=O) groups excluding carboxylic acids is 3. The van der Waals surface area contributed by atoms with Crippen molar-refractivity contribution in [3.63, 3.8) is 0 Å². The largest absolute Gasteiger partial charge is 0.482 e. The number of para-hydroxylation sites is 1. The Morgan fingerprint density at radius 1 is 1.03 bits per heavy atom. The van der Waals surface area contributed by atoms with Crippen LogP contribution in [0.4, 0.5) is 11.4 Å². The maximum absolute atomic E-state index is 13.2. The van der Waals surface area contributed by atoms with E-state index in [4.69, 9.17) is 4.74 Å². The van der Waals surface area contributed by atoms with Crippen molar-refractivity contribution in [2.75, 3.05) is 29.5 Å². The van der Waals surface area contributed by atoms with Crippen molar-refractivity contribution in [3.05, 3.63) is 76.0 Å². The molecule has 156 valence electrons. The number of rotatable bonds is 4. The Kier molecular flexibility index (Phi) is 5.03. The normalized spacial score (nSPS) is 15.2. The molecular weight excluding hydrogens is 412 g/mol. The van der Waals surface area contributed by atoms with Crippen molar-refractivity contribution in [2.24, 2.45) is 0 Å². The molecule has 0 fully saturated rings. The van der Waals surface area contributed by atoms with Crippen LogP contribution in [-0.4, -0.2) is 37.3 Å². The van der Waals surface area contributed by atoms with E-state index in [1.165, 1.54) is 16.2 Å². The number of aryl methyl sites for hydroxylation is 1. The van der Waals surface area contributed by atoms with Gasteiger partial charge in [-0.3, -0.25) is 19.3 Å². The van der Waals surface area contributed by atoms with Crippen molar-refractivity contribution in [2.45, 2.75) is 12.8 Å².